The fourth-order valence-electron chi connectivity index (χ4n) is 5.49. The lowest BCUT2D eigenvalue weighted by Crippen LogP contribution is -2.44. The molecule has 6 rings (SSSR count). The highest BCUT2D eigenvalue weighted by atomic mass is 35.5. The maximum absolute atomic E-state index is 13.1. The minimum Gasteiger partial charge on any atom is -0.389 e. The number of nitrogens with zero attached hydrogens (tertiary/aromatic N) is 6. The zero-order chi connectivity index (χ0) is 26.7. The third-order valence-corrected chi connectivity index (χ3v) is 9.94. The summed E-state index contributed by atoms with van der Waals surface area (Å²) in [7, 11) is 0. The van der Waals surface area contributed by atoms with Gasteiger partial charge in [-0.05, 0) is 50.7 Å². The van der Waals surface area contributed by atoms with Gasteiger partial charge in [-0.2, -0.15) is 0 Å². The normalized spacial score (nSPS) is 18.9. The Morgan fingerprint density at radius 3 is 2.68 bits per heavy atom. The molecular weight excluding hydrogens is 542 g/mol. The Kier molecular flexibility index (Phi) is 6.47. The number of fused-ring (bicyclic) bond motifs is 2. The lowest BCUT2D eigenvalue weighted by molar-refractivity contribution is 0.0603. The zero-order valence-corrected chi connectivity index (χ0v) is 23.5. The SMILES string of the molecule is CC(C)(O)Cn1cnc2ccc(Sc3cnc(N4CCC5(CC4)Cc4ncsc4[C@H]5N)cn3)c(Cl)c2c1=O. The van der Waals surface area contributed by atoms with Crippen LogP contribution in [0.5, 0.6) is 0 Å². The van der Waals surface area contributed by atoms with Crippen molar-refractivity contribution in [2.75, 3.05) is 18.0 Å². The van der Waals surface area contributed by atoms with Crippen LogP contribution in [0.15, 0.2) is 51.1 Å². The Morgan fingerprint density at radius 2 is 2.00 bits per heavy atom. The molecule has 1 aliphatic carbocycles. The summed E-state index contributed by atoms with van der Waals surface area (Å²) in [5.41, 5.74) is 8.98. The van der Waals surface area contributed by atoms with Crippen LogP contribution >= 0.6 is 34.7 Å². The average molecular weight is 570 g/mol. The molecule has 1 saturated heterocycles. The van der Waals surface area contributed by atoms with Crippen molar-refractivity contribution in [3.05, 3.63) is 62.3 Å². The van der Waals surface area contributed by atoms with Gasteiger partial charge in [0.1, 0.15) is 10.8 Å². The van der Waals surface area contributed by atoms with Crippen molar-refractivity contribution in [2.45, 2.75) is 61.2 Å². The van der Waals surface area contributed by atoms with Gasteiger partial charge in [-0.15, -0.1) is 11.3 Å². The molecule has 198 valence electrons. The second-order valence-corrected chi connectivity index (χ2v) is 13.1. The summed E-state index contributed by atoms with van der Waals surface area (Å²) in [5.74, 6) is 0.840. The smallest absolute Gasteiger partial charge is 0.262 e. The number of hydrogen-bond donors (Lipinski definition) is 2. The molecule has 1 spiro atoms. The topological polar surface area (TPSA) is 123 Å². The van der Waals surface area contributed by atoms with E-state index in [9.17, 15) is 9.90 Å². The minimum atomic E-state index is -1.06. The molecule has 38 heavy (non-hydrogen) atoms. The molecule has 1 aromatic carbocycles. The molecule has 0 radical (unpaired) electrons. The Morgan fingerprint density at radius 1 is 1.21 bits per heavy atom. The van der Waals surface area contributed by atoms with E-state index in [1.54, 1.807) is 43.6 Å². The number of piperidine rings is 1. The quantitative estimate of drug-likeness (QED) is 0.366. The highest BCUT2D eigenvalue weighted by Gasteiger charge is 2.47. The van der Waals surface area contributed by atoms with Crippen molar-refractivity contribution in [2.24, 2.45) is 11.1 Å². The Bertz CT molecular complexity index is 1560. The molecule has 3 N–H and O–H groups in total. The van der Waals surface area contributed by atoms with Crippen molar-refractivity contribution in [1.29, 1.82) is 0 Å². The van der Waals surface area contributed by atoms with Crippen LogP contribution in [0.25, 0.3) is 10.9 Å². The van der Waals surface area contributed by atoms with Gasteiger partial charge in [-0.25, -0.2) is 19.9 Å². The first-order valence-electron chi connectivity index (χ1n) is 12.5. The summed E-state index contributed by atoms with van der Waals surface area (Å²) < 4.78 is 1.38. The van der Waals surface area contributed by atoms with E-state index in [2.05, 4.69) is 24.8 Å². The second kappa shape index (κ2) is 9.56. The summed E-state index contributed by atoms with van der Waals surface area (Å²) in [4.78, 5) is 35.5. The summed E-state index contributed by atoms with van der Waals surface area (Å²) in [6.45, 7) is 5.16. The van der Waals surface area contributed by atoms with Gasteiger partial charge in [0.15, 0.2) is 0 Å². The van der Waals surface area contributed by atoms with Gasteiger partial charge in [0.25, 0.3) is 5.56 Å². The first-order valence-corrected chi connectivity index (χ1v) is 14.5. The molecule has 1 aliphatic heterocycles. The molecule has 0 amide bonds. The zero-order valence-electron chi connectivity index (χ0n) is 21.1. The molecule has 4 heterocycles. The number of anilines is 1. The number of nitrogens with two attached hydrogens (primary N) is 1. The molecule has 0 unspecified atom stereocenters. The van der Waals surface area contributed by atoms with E-state index in [4.69, 9.17) is 17.3 Å². The van der Waals surface area contributed by atoms with Gasteiger partial charge in [0.05, 0.1) is 58.0 Å². The minimum absolute atomic E-state index is 0.0677. The molecule has 0 saturated carbocycles. The van der Waals surface area contributed by atoms with Crippen LogP contribution in [0, 0.1) is 5.41 Å². The third kappa shape index (κ3) is 4.60. The number of aliphatic hydroxyl groups is 1. The van der Waals surface area contributed by atoms with Gasteiger partial charge < -0.3 is 15.7 Å². The van der Waals surface area contributed by atoms with Gasteiger partial charge in [-0.3, -0.25) is 9.36 Å². The molecule has 3 aromatic heterocycles. The van der Waals surface area contributed by atoms with E-state index in [-0.39, 0.29) is 23.6 Å². The highest BCUT2D eigenvalue weighted by Crippen LogP contribution is 2.51. The van der Waals surface area contributed by atoms with Crippen LogP contribution in [0.1, 0.15) is 43.3 Å². The largest absolute Gasteiger partial charge is 0.389 e. The lowest BCUT2D eigenvalue weighted by atomic mass is 9.74. The van der Waals surface area contributed by atoms with Crippen molar-refractivity contribution >= 4 is 51.4 Å². The maximum Gasteiger partial charge on any atom is 0.262 e. The van der Waals surface area contributed by atoms with Crippen LogP contribution in [0.3, 0.4) is 0 Å². The van der Waals surface area contributed by atoms with Crippen LogP contribution in [0.2, 0.25) is 5.02 Å². The third-order valence-electron chi connectivity index (χ3n) is 7.50. The maximum atomic E-state index is 13.1. The van der Waals surface area contributed by atoms with Crippen molar-refractivity contribution < 1.29 is 5.11 Å². The van der Waals surface area contributed by atoms with Gasteiger partial charge in [0, 0.05) is 28.9 Å². The van der Waals surface area contributed by atoms with Crippen molar-refractivity contribution in [1.82, 2.24) is 24.5 Å². The number of thiazole rings is 1. The summed E-state index contributed by atoms with van der Waals surface area (Å²) >= 11 is 9.71. The van der Waals surface area contributed by atoms with Crippen LogP contribution in [-0.4, -0.2) is 48.3 Å². The summed E-state index contributed by atoms with van der Waals surface area (Å²) in [6.07, 6.45) is 7.94. The summed E-state index contributed by atoms with van der Waals surface area (Å²) in [5, 5.41) is 11.5. The number of aromatic nitrogens is 5. The number of benzene rings is 1. The standard InChI is InChI=1S/C26H28ClN7O2S2/c1-25(2,36)12-34-13-31-15-3-4-17(21(27)20(15)24(34)35)38-19-11-29-18(10-30-19)33-7-5-26(6-8-33)9-16-22(23(26)28)37-14-32-16/h3-4,10-11,13-14,23,36H,5-9,12,28H2,1-2H3/t23-/m1/s1. The number of hydrogen-bond acceptors (Lipinski definition) is 10. The highest BCUT2D eigenvalue weighted by molar-refractivity contribution is 7.99. The molecular formula is C26H28ClN7O2S2. The van der Waals surface area contributed by atoms with Crippen LogP contribution in [0.4, 0.5) is 5.82 Å². The van der Waals surface area contributed by atoms with Gasteiger partial charge in [-0.1, -0.05) is 23.4 Å². The second-order valence-electron chi connectivity index (χ2n) is 10.7. The van der Waals surface area contributed by atoms with Gasteiger partial charge in [0.2, 0.25) is 0 Å². The molecule has 1 atom stereocenters. The Hall–Kier alpha value is -2.57. The summed E-state index contributed by atoms with van der Waals surface area (Å²) in [6, 6.07) is 3.67. The Balaban J connectivity index is 1.17. The van der Waals surface area contributed by atoms with Crippen LogP contribution in [-0.2, 0) is 13.0 Å². The first kappa shape index (κ1) is 25.7. The fourth-order valence-corrected chi connectivity index (χ4v) is 7.56. The molecule has 1 fully saturated rings. The van der Waals surface area contributed by atoms with Crippen LogP contribution < -0.4 is 16.2 Å². The van der Waals surface area contributed by atoms with Gasteiger partial charge >= 0.3 is 0 Å². The molecule has 4 aromatic rings. The number of rotatable bonds is 5. The van der Waals surface area contributed by atoms with Crippen molar-refractivity contribution in [3.8, 4) is 0 Å². The Labute approximate surface area is 233 Å². The predicted octanol–water partition coefficient (Wildman–Crippen LogP) is 4.06. The monoisotopic (exact) mass is 569 g/mol. The number of halogens is 1. The van der Waals surface area contributed by atoms with E-state index < -0.39 is 5.60 Å². The molecule has 2 aliphatic rings. The average Bonchev–Trinajstić information content (AvgIpc) is 3.43. The lowest BCUT2D eigenvalue weighted by Gasteiger charge is -2.42. The van der Waals surface area contributed by atoms with E-state index in [1.165, 1.54) is 33.2 Å². The van der Waals surface area contributed by atoms with E-state index in [1.807, 2.05) is 11.6 Å². The molecule has 12 heteroatoms. The van der Waals surface area contributed by atoms with E-state index >= 15 is 0 Å². The predicted molar refractivity (Wildman–Crippen MR) is 150 cm³/mol. The fraction of sp³-hybridized carbons (Fsp3) is 0.423. The van der Waals surface area contributed by atoms with E-state index in [0.717, 1.165) is 38.2 Å². The molecule has 9 nitrogen and oxygen atoms in total. The molecule has 0 bridgehead atoms. The van der Waals surface area contributed by atoms with E-state index in [0.29, 0.717) is 25.8 Å². The van der Waals surface area contributed by atoms with Crippen molar-refractivity contribution in [3.63, 3.8) is 0 Å². The first-order chi connectivity index (χ1) is 18.1.